The molecule has 0 aliphatic carbocycles. The summed E-state index contributed by atoms with van der Waals surface area (Å²) in [5.41, 5.74) is 3.95. The van der Waals surface area contributed by atoms with Gasteiger partial charge in [-0.15, -0.1) is 0 Å². The Labute approximate surface area is 207 Å². The molecule has 2 fully saturated rings. The number of rotatable bonds is 5. The average Bonchev–Trinajstić information content (AvgIpc) is 2.91. The third-order valence-electron chi connectivity index (χ3n) is 7.27. The molecule has 0 atom stereocenters. The molecule has 1 aromatic heterocycles. The zero-order valence-corrected chi connectivity index (χ0v) is 20.6. The van der Waals surface area contributed by atoms with Crippen LogP contribution in [0.5, 0.6) is 11.6 Å². The van der Waals surface area contributed by atoms with Crippen LogP contribution in [0.25, 0.3) is 0 Å². The molecule has 0 spiro atoms. The van der Waals surface area contributed by atoms with Gasteiger partial charge in [-0.2, -0.15) is 0 Å². The van der Waals surface area contributed by atoms with Crippen LogP contribution in [-0.4, -0.2) is 60.0 Å². The van der Waals surface area contributed by atoms with Crippen LogP contribution in [0.4, 0.5) is 11.5 Å². The van der Waals surface area contributed by atoms with Crippen molar-refractivity contribution in [1.82, 2.24) is 14.9 Å². The van der Waals surface area contributed by atoms with E-state index in [4.69, 9.17) is 4.74 Å². The van der Waals surface area contributed by atoms with Crippen LogP contribution in [0.15, 0.2) is 60.9 Å². The van der Waals surface area contributed by atoms with Gasteiger partial charge in [0, 0.05) is 56.9 Å². The first-order chi connectivity index (χ1) is 17.1. The van der Waals surface area contributed by atoms with E-state index in [1.165, 1.54) is 16.8 Å². The van der Waals surface area contributed by atoms with Crippen LogP contribution >= 0.6 is 0 Å². The number of nitrogens with zero attached hydrogens (tertiary/aromatic N) is 5. The van der Waals surface area contributed by atoms with E-state index < -0.39 is 0 Å². The van der Waals surface area contributed by atoms with Gasteiger partial charge < -0.3 is 19.4 Å². The maximum atomic E-state index is 13.3. The van der Waals surface area contributed by atoms with E-state index in [2.05, 4.69) is 56.7 Å². The Bertz CT molecular complexity index is 1150. The van der Waals surface area contributed by atoms with Gasteiger partial charge in [0.2, 0.25) is 11.8 Å². The highest BCUT2D eigenvalue weighted by atomic mass is 16.5. The normalized spacial score (nSPS) is 16.9. The summed E-state index contributed by atoms with van der Waals surface area (Å²) >= 11 is 0. The van der Waals surface area contributed by atoms with Gasteiger partial charge in [0.05, 0.1) is 0 Å². The molecule has 7 nitrogen and oxygen atoms in total. The highest BCUT2D eigenvalue weighted by molar-refractivity contribution is 5.79. The van der Waals surface area contributed by atoms with Crippen LogP contribution < -0.4 is 14.5 Å². The van der Waals surface area contributed by atoms with Crippen LogP contribution in [0.2, 0.25) is 0 Å². The standard InChI is InChI=1S/C28H33N5O2/c1-21-7-6-10-25(22(21)2)31-15-17-33(18-16-31)28(34)23-11-13-32(14-12-23)26-19-27(30-20-29-26)35-24-8-4-3-5-9-24/h3-10,19-20,23H,11-18H2,1-2H3. The van der Waals surface area contributed by atoms with Gasteiger partial charge in [0.1, 0.15) is 17.9 Å². The van der Waals surface area contributed by atoms with E-state index in [1.54, 1.807) is 6.33 Å². The summed E-state index contributed by atoms with van der Waals surface area (Å²) in [5.74, 6) is 2.51. The number of benzene rings is 2. The number of amides is 1. The third-order valence-corrected chi connectivity index (χ3v) is 7.27. The minimum absolute atomic E-state index is 0.0837. The molecule has 5 rings (SSSR count). The van der Waals surface area contributed by atoms with Crippen LogP contribution in [-0.2, 0) is 4.79 Å². The number of aryl methyl sites for hydroxylation is 1. The SMILES string of the molecule is Cc1cccc(N2CCN(C(=O)C3CCN(c4cc(Oc5ccccc5)ncn4)CC3)CC2)c1C. The van der Waals surface area contributed by atoms with Crippen molar-refractivity contribution < 1.29 is 9.53 Å². The molecule has 0 radical (unpaired) electrons. The monoisotopic (exact) mass is 471 g/mol. The lowest BCUT2D eigenvalue weighted by molar-refractivity contribution is -0.136. The van der Waals surface area contributed by atoms with E-state index in [0.717, 1.165) is 63.7 Å². The largest absolute Gasteiger partial charge is 0.439 e. The molecule has 2 saturated heterocycles. The van der Waals surface area contributed by atoms with Crippen LogP contribution in [0, 0.1) is 19.8 Å². The first-order valence-corrected chi connectivity index (χ1v) is 12.5. The Hall–Kier alpha value is -3.61. The fourth-order valence-electron chi connectivity index (χ4n) is 5.03. The summed E-state index contributed by atoms with van der Waals surface area (Å²) in [6, 6.07) is 18.0. The van der Waals surface area contributed by atoms with Gasteiger partial charge in [-0.1, -0.05) is 30.3 Å². The summed E-state index contributed by atoms with van der Waals surface area (Å²) in [7, 11) is 0. The molecule has 3 heterocycles. The Kier molecular flexibility index (Phi) is 6.84. The van der Waals surface area contributed by atoms with Crippen molar-refractivity contribution in [2.75, 3.05) is 49.1 Å². The molecular weight excluding hydrogens is 438 g/mol. The maximum absolute atomic E-state index is 13.3. The Morgan fingerprint density at radius 1 is 0.857 bits per heavy atom. The second-order valence-corrected chi connectivity index (χ2v) is 9.42. The number of carbonyl (C=O) groups excluding carboxylic acids is 1. The minimum Gasteiger partial charge on any atom is -0.439 e. The van der Waals surface area contributed by atoms with Crippen molar-refractivity contribution in [2.24, 2.45) is 5.92 Å². The van der Waals surface area contributed by atoms with Gasteiger partial charge >= 0.3 is 0 Å². The molecule has 2 aliphatic rings. The lowest BCUT2D eigenvalue weighted by Gasteiger charge is -2.40. The molecule has 0 N–H and O–H groups in total. The Morgan fingerprint density at radius 2 is 1.60 bits per heavy atom. The molecule has 1 amide bonds. The number of anilines is 2. The number of piperazine rings is 1. The summed E-state index contributed by atoms with van der Waals surface area (Å²) in [6.07, 6.45) is 3.23. The van der Waals surface area contributed by atoms with E-state index in [9.17, 15) is 4.79 Å². The lowest BCUT2D eigenvalue weighted by Crippen LogP contribution is -2.52. The van der Waals surface area contributed by atoms with E-state index >= 15 is 0 Å². The van der Waals surface area contributed by atoms with Crippen molar-refractivity contribution in [3.8, 4) is 11.6 Å². The summed E-state index contributed by atoms with van der Waals surface area (Å²) < 4.78 is 5.86. The lowest BCUT2D eigenvalue weighted by atomic mass is 9.95. The second-order valence-electron chi connectivity index (χ2n) is 9.42. The third kappa shape index (κ3) is 5.24. The molecule has 7 heteroatoms. The van der Waals surface area contributed by atoms with E-state index in [-0.39, 0.29) is 5.92 Å². The molecule has 3 aromatic rings. The van der Waals surface area contributed by atoms with Crippen LogP contribution in [0.1, 0.15) is 24.0 Å². The molecular formula is C28H33N5O2. The van der Waals surface area contributed by atoms with Gasteiger partial charge in [-0.3, -0.25) is 4.79 Å². The molecule has 0 saturated carbocycles. The first-order valence-electron chi connectivity index (χ1n) is 12.5. The number of aromatic nitrogens is 2. The van der Waals surface area contributed by atoms with Crippen molar-refractivity contribution in [1.29, 1.82) is 0 Å². The number of ether oxygens (including phenoxy) is 1. The highest BCUT2D eigenvalue weighted by Crippen LogP contribution is 2.28. The first kappa shape index (κ1) is 23.1. The number of hydrogen-bond donors (Lipinski definition) is 0. The predicted molar refractivity (Wildman–Crippen MR) is 138 cm³/mol. The molecule has 35 heavy (non-hydrogen) atoms. The maximum Gasteiger partial charge on any atom is 0.225 e. The fourth-order valence-corrected chi connectivity index (χ4v) is 5.03. The fraction of sp³-hybridized carbons (Fsp3) is 0.393. The van der Waals surface area contributed by atoms with Gasteiger partial charge in [0.15, 0.2) is 0 Å². The Morgan fingerprint density at radius 3 is 2.34 bits per heavy atom. The predicted octanol–water partition coefficient (Wildman–Crippen LogP) is 4.45. The number of para-hydroxylation sites is 1. The summed E-state index contributed by atoms with van der Waals surface area (Å²) in [6.45, 7) is 9.31. The van der Waals surface area contributed by atoms with E-state index in [1.807, 2.05) is 36.4 Å². The van der Waals surface area contributed by atoms with Crippen LogP contribution in [0.3, 0.4) is 0 Å². The minimum atomic E-state index is 0.0837. The number of piperidine rings is 1. The van der Waals surface area contributed by atoms with Gasteiger partial charge in [-0.05, 0) is 56.0 Å². The van der Waals surface area contributed by atoms with Crippen molar-refractivity contribution >= 4 is 17.4 Å². The molecule has 2 aromatic carbocycles. The topological polar surface area (TPSA) is 61.8 Å². The molecule has 2 aliphatic heterocycles. The Balaban J connectivity index is 1.14. The van der Waals surface area contributed by atoms with Crippen molar-refractivity contribution in [3.63, 3.8) is 0 Å². The summed E-state index contributed by atoms with van der Waals surface area (Å²) in [5, 5.41) is 0. The zero-order chi connectivity index (χ0) is 24.2. The smallest absolute Gasteiger partial charge is 0.225 e. The zero-order valence-electron chi connectivity index (χ0n) is 20.6. The van der Waals surface area contributed by atoms with E-state index in [0.29, 0.717) is 11.8 Å². The molecule has 0 bridgehead atoms. The molecule has 182 valence electrons. The van der Waals surface area contributed by atoms with Crippen molar-refractivity contribution in [2.45, 2.75) is 26.7 Å². The number of carbonyl (C=O) groups is 1. The second kappa shape index (κ2) is 10.3. The summed E-state index contributed by atoms with van der Waals surface area (Å²) in [4.78, 5) is 28.7. The van der Waals surface area contributed by atoms with Crippen molar-refractivity contribution in [3.05, 3.63) is 72.1 Å². The quantitative estimate of drug-likeness (QED) is 0.548. The molecule has 0 unspecified atom stereocenters. The number of hydrogen-bond acceptors (Lipinski definition) is 6. The average molecular weight is 472 g/mol. The highest BCUT2D eigenvalue weighted by Gasteiger charge is 2.31. The van der Waals surface area contributed by atoms with Gasteiger partial charge in [-0.25, -0.2) is 9.97 Å². The van der Waals surface area contributed by atoms with Gasteiger partial charge in [0.25, 0.3) is 0 Å².